The minimum atomic E-state index is -0.0517. The summed E-state index contributed by atoms with van der Waals surface area (Å²) in [5.41, 5.74) is 1.98. The van der Waals surface area contributed by atoms with E-state index in [2.05, 4.69) is 20.8 Å². The zero-order valence-electron chi connectivity index (χ0n) is 11.1. The average molecular weight is 289 g/mol. The van der Waals surface area contributed by atoms with E-state index in [1.807, 2.05) is 35.9 Å². The van der Waals surface area contributed by atoms with Gasteiger partial charge < -0.3 is 5.32 Å². The highest BCUT2D eigenvalue weighted by atomic mass is 32.2. The van der Waals surface area contributed by atoms with Gasteiger partial charge in [0.15, 0.2) is 0 Å². The van der Waals surface area contributed by atoms with E-state index in [-0.39, 0.29) is 5.91 Å². The lowest BCUT2D eigenvalue weighted by Gasteiger charge is -2.05. The number of aromatic nitrogens is 4. The maximum atomic E-state index is 11.9. The van der Waals surface area contributed by atoms with Crippen LogP contribution in [-0.4, -0.2) is 31.9 Å². The smallest absolute Gasteiger partial charge is 0.234 e. The molecule has 0 aliphatic heterocycles. The molecule has 1 saturated carbocycles. The summed E-state index contributed by atoms with van der Waals surface area (Å²) in [5, 5.41) is 15.1. The molecule has 6 nitrogen and oxygen atoms in total. The summed E-state index contributed by atoms with van der Waals surface area (Å²) < 4.78 is 1.81. The highest BCUT2D eigenvalue weighted by molar-refractivity contribution is 7.99. The molecule has 20 heavy (non-hydrogen) atoms. The van der Waals surface area contributed by atoms with Crippen LogP contribution >= 0.6 is 11.8 Å². The maximum Gasteiger partial charge on any atom is 0.234 e. The molecule has 1 heterocycles. The highest BCUT2D eigenvalue weighted by Gasteiger charge is 2.28. The number of thioether (sulfide) groups is 1. The Kier molecular flexibility index (Phi) is 3.68. The Hall–Kier alpha value is -1.89. The number of anilines is 1. The number of nitrogens with one attached hydrogen (secondary N) is 1. The summed E-state index contributed by atoms with van der Waals surface area (Å²) in [5.74, 6) is 0.255. The summed E-state index contributed by atoms with van der Waals surface area (Å²) in [4.78, 5) is 11.9. The van der Waals surface area contributed by atoms with Crippen LogP contribution in [0.5, 0.6) is 0 Å². The molecule has 0 atom stereocenters. The molecule has 0 unspecified atom stereocenters. The quantitative estimate of drug-likeness (QED) is 0.853. The first-order valence-electron chi connectivity index (χ1n) is 6.49. The molecule has 0 bridgehead atoms. The number of carbonyl (C=O) groups excluding carboxylic acids is 1. The van der Waals surface area contributed by atoms with E-state index in [1.165, 1.54) is 17.3 Å². The monoisotopic (exact) mass is 289 g/mol. The molecule has 2 aromatic rings. The summed E-state index contributed by atoms with van der Waals surface area (Å²) in [6.45, 7) is 2.01. The Labute approximate surface area is 120 Å². The fraction of sp³-hybridized carbons (Fsp3) is 0.385. The number of hydrogen-bond acceptors (Lipinski definition) is 5. The van der Waals surface area contributed by atoms with Crippen molar-refractivity contribution in [1.82, 2.24) is 20.2 Å². The molecule has 3 rings (SSSR count). The lowest BCUT2D eigenvalue weighted by atomic mass is 10.2. The van der Waals surface area contributed by atoms with Gasteiger partial charge in [0.25, 0.3) is 0 Å². The van der Waals surface area contributed by atoms with E-state index >= 15 is 0 Å². The van der Waals surface area contributed by atoms with E-state index in [0.29, 0.717) is 17.0 Å². The van der Waals surface area contributed by atoms with Crippen LogP contribution in [0.2, 0.25) is 0 Å². The van der Waals surface area contributed by atoms with Gasteiger partial charge in [0.2, 0.25) is 11.1 Å². The summed E-state index contributed by atoms with van der Waals surface area (Å²) >= 11 is 1.37. The van der Waals surface area contributed by atoms with E-state index < -0.39 is 0 Å². The molecule has 7 heteroatoms. The molecule has 1 N–H and O–H groups in total. The number of amides is 1. The lowest BCUT2D eigenvalue weighted by Crippen LogP contribution is -2.14. The Morgan fingerprint density at radius 3 is 2.85 bits per heavy atom. The van der Waals surface area contributed by atoms with Gasteiger partial charge in [-0.25, -0.2) is 4.68 Å². The number of tetrazole rings is 1. The standard InChI is InChI=1S/C13H15N5OS/c1-9-2-4-10(5-3-9)14-12(19)8-20-13-15-16-17-18(13)11-6-7-11/h2-5,11H,6-8H2,1H3,(H,14,19). The van der Waals surface area contributed by atoms with E-state index in [0.717, 1.165) is 18.5 Å². The summed E-state index contributed by atoms with van der Waals surface area (Å²) in [7, 11) is 0. The molecule has 0 saturated heterocycles. The third kappa shape index (κ3) is 3.16. The Balaban J connectivity index is 1.54. The molecular weight excluding hydrogens is 274 g/mol. The van der Waals surface area contributed by atoms with Crippen LogP contribution in [0, 0.1) is 6.92 Å². The number of aryl methyl sites for hydroxylation is 1. The van der Waals surface area contributed by atoms with Gasteiger partial charge >= 0.3 is 0 Å². The number of rotatable bonds is 5. The Morgan fingerprint density at radius 1 is 1.40 bits per heavy atom. The predicted molar refractivity (Wildman–Crippen MR) is 76.6 cm³/mol. The van der Waals surface area contributed by atoms with Crippen molar-refractivity contribution in [3.8, 4) is 0 Å². The molecule has 104 valence electrons. The molecule has 1 aliphatic rings. The highest BCUT2D eigenvalue weighted by Crippen LogP contribution is 2.36. The van der Waals surface area contributed by atoms with Crippen molar-refractivity contribution in [2.75, 3.05) is 11.1 Å². The van der Waals surface area contributed by atoms with Crippen molar-refractivity contribution in [2.45, 2.75) is 31.0 Å². The van der Waals surface area contributed by atoms with Gasteiger partial charge in [-0.1, -0.05) is 29.5 Å². The first-order chi connectivity index (χ1) is 9.72. The third-order valence-corrected chi connectivity index (χ3v) is 3.96. The van der Waals surface area contributed by atoms with E-state index in [1.54, 1.807) is 0 Å². The van der Waals surface area contributed by atoms with Crippen LogP contribution in [-0.2, 0) is 4.79 Å². The van der Waals surface area contributed by atoms with Crippen LogP contribution in [0.15, 0.2) is 29.4 Å². The maximum absolute atomic E-state index is 11.9. The topological polar surface area (TPSA) is 72.7 Å². The second-order valence-corrected chi connectivity index (χ2v) is 5.78. The fourth-order valence-electron chi connectivity index (χ4n) is 1.79. The van der Waals surface area contributed by atoms with Gasteiger partial charge in [0.05, 0.1) is 11.8 Å². The van der Waals surface area contributed by atoms with Crippen molar-refractivity contribution in [3.05, 3.63) is 29.8 Å². The van der Waals surface area contributed by atoms with Crippen LogP contribution in [0.1, 0.15) is 24.4 Å². The van der Waals surface area contributed by atoms with Crippen molar-refractivity contribution in [1.29, 1.82) is 0 Å². The largest absolute Gasteiger partial charge is 0.325 e. The van der Waals surface area contributed by atoms with Gasteiger partial charge in [-0.2, -0.15) is 0 Å². The van der Waals surface area contributed by atoms with Crippen molar-refractivity contribution >= 4 is 23.4 Å². The second-order valence-electron chi connectivity index (χ2n) is 4.84. The molecule has 0 spiro atoms. The number of carbonyl (C=O) groups is 1. The van der Waals surface area contributed by atoms with Gasteiger partial charge in [0, 0.05) is 5.69 Å². The third-order valence-electron chi connectivity index (χ3n) is 3.02. The van der Waals surface area contributed by atoms with Crippen molar-refractivity contribution < 1.29 is 4.79 Å². The van der Waals surface area contributed by atoms with E-state index in [9.17, 15) is 4.79 Å². The number of benzene rings is 1. The van der Waals surface area contributed by atoms with Crippen LogP contribution in [0.25, 0.3) is 0 Å². The van der Waals surface area contributed by atoms with Crippen molar-refractivity contribution in [2.24, 2.45) is 0 Å². The van der Waals surface area contributed by atoms with Gasteiger partial charge in [0.1, 0.15) is 0 Å². The molecular formula is C13H15N5OS. The molecule has 1 amide bonds. The van der Waals surface area contributed by atoms with Crippen LogP contribution in [0.4, 0.5) is 5.69 Å². The number of nitrogens with zero attached hydrogens (tertiary/aromatic N) is 4. The van der Waals surface area contributed by atoms with Crippen LogP contribution in [0.3, 0.4) is 0 Å². The van der Waals surface area contributed by atoms with Gasteiger partial charge in [-0.05, 0) is 42.3 Å². The fourth-order valence-corrected chi connectivity index (χ4v) is 2.54. The molecule has 1 aromatic carbocycles. The van der Waals surface area contributed by atoms with Crippen molar-refractivity contribution in [3.63, 3.8) is 0 Å². The zero-order chi connectivity index (χ0) is 13.9. The Bertz CT molecular complexity index is 605. The summed E-state index contributed by atoms with van der Waals surface area (Å²) in [6, 6.07) is 8.15. The molecule has 1 aliphatic carbocycles. The number of hydrogen-bond donors (Lipinski definition) is 1. The molecule has 1 fully saturated rings. The lowest BCUT2D eigenvalue weighted by molar-refractivity contribution is -0.113. The van der Waals surface area contributed by atoms with E-state index in [4.69, 9.17) is 0 Å². The van der Waals surface area contributed by atoms with Crippen LogP contribution < -0.4 is 5.32 Å². The van der Waals surface area contributed by atoms with Gasteiger partial charge in [-0.15, -0.1) is 5.10 Å². The first kappa shape index (κ1) is 13.1. The average Bonchev–Trinajstić information content (AvgIpc) is 3.18. The SMILES string of the molecule is Cc1ccc(NC(=O)CSc2nnnn2C2CC2)cc1. The first-order valence-corrected chi connectivity index (χ1v) is 7.48. The Morgan fingerprint density at radius 2 is 2.15 bits per heavy atom. The zero-order valence-corrected chi connectivity index (χ0v) is 11.9. The predicted octanol–water partition coefficient (Wildman–Crippen LogP) is 2.05. The molecule has 0 radical (unpaired) electrons. The van der Waals surface area contributed by atoms with Gasteiger partial charge in [-0.3, -0.25) is 4.79 Å². The second kappa shape index (κ2) is 5.62. The minimum Gasteiger partial charge on any atom is -0.325 e. The summed E-state index contributed by atoms with van der Waals surface area (Å²) in [6.07, 6.45) is 2.24. The minimum absolute atomic E-state index is 0.0517. The molecule has 1 aromatic heterocycles. The normalized spacial score (nSPS) is 14.2.